The first-order valence-electron chi connectivity index (χ1n) is 14.6. The van der Waals surface area contributed by atoms with Crippen LogP contribution in [0.1, 0.15) is 42.1 Å². The number of fused-ring (bicyclic) bond motifs is 2. The molecule has 0 saturated carbocycles. The number of hydrogen-bond donors (Lipinski definition) is 2. The molecule has 0 radical (unpaired) electrons. The Balaban J connectivity index is 1.16. The summed E-state index contributed by atoms with van der Waals surface area (Å²) in [4.78, 5) is 26.7. The van der Waals surface area contributed by atoms with Crippen molar-refractivity contribution in [2.75, 3.05) is 44.6 Å². The summed E-state index contributed by atoms with van der Waals surface area (Å²) >= 11 is 0. The third kappa shape index (κ3) is 6.18. The van der Waals surface area contributed by atoms with Crippen LogP contribution in [-0.4, -0.2) is 70.0 Å². The van der Waals surface area contributed by atoms with Crippen molar-refractivity contribution in [1.82, 2.24) is 24.7 Å². The molecular formula is C32H35F3N6O2. The number of H-pyrrole nitrogens is 1. The van der Waals surface area contributed by atoms with E-state index in [1.807, 2.05) is 31.2 Å². The molecule has 1 saturated heterocycles. The summed E-state index contributed by atoms with van der Waals surface area (Å²) < 4.78 is 48.5. The Kier molecular flexibility index (Phi) is 8.02. The first-order chi connectivity index (χ1) is 20.7. The zero-order chi connectivity index (χ0) is 30.1. The quantitative estimate of drug-likeness (QED) is 0.262. The van der Waals surface area contributed by atoms with Crippen molar-refractivity contribution in [1.29, 1.82) is 0 Å². The minimum atomic E-state index is -4.53. The topological polar surface area (TPSA) is 76.7 Å². The van der Waals surface area contributed by atoms with Crippen LogP contribution in [0.5, 0.6) is 11.5 Å². The molecular weight excluding hydrogens is 557 g/mol. The largest absolute Gasteiger partial charge is 0.457 e. The molecule has 4 heterocycles. The zero-order valence-electron chi connectivity index (χ0n) is 24.2. The van der Waals surface area contributed by atoms with Gasteiger partial charge in [0.05, 0.1) is 17.0 Å². The number of likely N-dealkylation sites (N-methyl/N-ethyl adjacent to an activating group) is 1. The van der Waals surface area contributed by atoms with Crippen LogP contribution in [0.15, 0.2) is 60.9 Å². The van der Waals surface area contributed by atoms with Crippen LogP contribution < -0.4 is 10.1 Å². The van der Waals surface area contributed by atoms with E-state index in [-0.39, 0.29) is 23.8 Å². The molecule has 226 valence electrons. The average molecular weight is 593 g/mol. The van der Waals surface area contributed by atoms with Crippen molar-refractivity contribution in [3.63, 3.8) is 0 Å². The summed E-state index contributed by atoms with van der Waals surface area (Å²) in [6, 6.07) is 12.9. The molecule has 4 aromatic rings. The maximum absolute atomic E-state index is 14.1. The number of nitrogens with zero attached hydrogens (tertiary/aromatic N) is 4. The first kappa shape index (κ1) is 29.0. The molecule has 2 aromatic carbocycles. The van der Waals surface area contributed by atoms with E-state index in [1.54, 1.807) is 29.4 Å². The number of urea groups is 1. The van der Waals surface area contributed by atoms with Crippen LogP contribution in [-0.2, 0) is 19.1 Å². The number of hydrogen-bond acceptors (Lipinski definition) is 5. The number of aromatic nitrogens is 2. The highest BCUT2D eigenvalue weighted by molar-refractivity contribution is 5.90. The van der Waals surface area contributed by atoms with E-state index in [9.17, 15) is 18.0 Å². The molecule has 8 nitrogen and oxygen atoms in total. The fourth-order valence-electron chi connectivity index (χ4n) is 6.04. The summed E-state index contributed by atoms with van der Waals surface area (Å²) in [7, 11) is 0. The van der Waals surface area contributed by atoms with Crippen molar-refractivity contribution in [2.24, 2.45) is 0 Å². The van der Waals surface area contributed by atoms with Gasteiger partial charge in [0.15, 0.2) is 0 Å². The smallest absolute Gasteiger partial charge is 0.416 e. The zero-order valence-corrected chi connectivity index (χ0v) is 24.2. The van der Waals surface area contributed by atoms with Crippen LogP contribution >= 0.6 is 0 Å². The Labute approximate surface area is 248 Å². The van der Waals surface area contributed by atoms with Gasteiger partial charge in [-0.1, -0.05) is 19.1 Å². The third-order valence-electron chi connectivity index (χ3n) is 8.54. The summed E-state index contributed by atoms with van der Waals surface area (Å²) in [6.45, 7) is 8.75. The lowest BCUT2D eigenvalue weighted by Crippen LogP contribution is -2.45. The molecule has 6 rings (SSSR count). The molecule has 2 aliphatic rings. The molecule has 0 spiro atoms. The highest BCUT2D eigenvalue weighted by Crippen LogP contribution is 2.37. The number of piperazine rings is 1. The normalized spacial score (nSPS) is 18.1. The number of halogens is 3. The molecule has 11 heteroatoms. The number of ether oxygens (including phenoxy) is 1. The predicted octanol–water partition coefficient (Wildman–Crippen LogP) is 6.66. The molecule has 0 bridgehead atoms. The van der Waals surface area contributed by atoms with Crippen molar-refractivity contribution in [3.8, 4) is 11.5 Å². The summed E-state index contributed by atoms with van der Waals surface area (Å²) in [6.07, 6.45) is -0.431. The van der Waals surface area contributed by atoms with Crippen LogP contribution in [0, 0.1) is 0 Å². The summed E-state index contributed by atoms with van der Waals surface area (Å²) in [5, 5.41) is 3.59. The van der Waals surface area contributed by atoms with Gasteiger partial charge in [0.1, 0.15) is 17.1 Å². The van der Waals surface area contributed by atoms with Crippen LogP contribution in [0.2, 0.25) is 0 Å². The van der Waals surface area contributed by atoms with E-state index in [4.69, 9.17) is 4.74 Å². The monoisotopic (exact) mass is 592 g/mol. The number of carbonyl (C=O) groups excluding carboxylic acids is 1. The summed E-state index contributed by atoms with van der Waals surface area (Å²) in [5.41, 5.74) is 2.40. The van der Waals surface area contributed by atoms with Gasteiger partial charge in [0.2, 0.25) is 0 Å². The molecule has 1 atom stereocenters. The molecule has 43 heavy (non-hydrogen) atoms. The Morgan fingerprint density at radius 3 is 2.60 bits per heavy atom. The lowest BCUT2D eigenvalue weighted by Gasteiger charge is -2.35. The van der Waals surface area contributed by atoms with E-state index < -0.39 is 17.8 Å². The molecule has 2 amide bonds. The lowest BCUT2D eigenvalue weighted by molar-refractivity contribution is -0.138. The van der Waals surface area contributed by atoms with Gasteiger partial charge in [0, 0.05) is 57.3 Å². The highest BCUT2D eigenvalue weighted by atomic mass is 19.4. The Bertz CT molecular complexity index is 1610. The van der Waals surface area contributed by atoms with Crippen LogP contribution in [0.3, 0.4) is 0 Å². The van der Waals surface area contributed by atoms with Crippen molar-refractivity contribution in [2.45, 2.75) is 39.0 Å². The number of nitrogens with one attached hydrogen (secondary N) is 2. The van der Waals surface area contributed by atoms with Gasteiger partial charge >= 0.3 is 12.2 Å². The SMILES string of the molecule is CCN1CCN(Cc2ccc(NC(=O)N3CCc4ccc(Oc5ccnc6[nH]ccc56)cc4[C@@H]3C)cc2C(F)(F)F)CC1. The van der Waals surface area contributed by atoms with E-state index in [0.29, 0.717) is 24.5 Å². The number of benzene rings is 2. The van der Waals surface area contributed by atoms with Crippen molar-refractivity contribution >= 4 is 22.8 Å². The van der Waals surface area contributed by atoms with Gasteiger partial charge in [-0.25, -0.2) is 9.78 Å². The minimum Gasteiger partial charge on any atom is -0.457 e. The summed E-state index contributed by atoms with van der Waals surface area (Å²) in [5.74, 6) is 1.29. The maximum Gasteiger partial charge on any atom is 0.416 e. The molecule has 1 fully saturated rings. The predicted molar refractivity (Wildman–Crippen MR) is 159 cm³/mol. The Hall–Kier alpha value is -4.09. The maximum atomic E-state index is 14.1. The second-order valence-electron chi connectivity index (χ2n) is 11.1. The number of pyridine rings is 1. The van der Waals surface area contributed by atoms with Crippen LogP contribution in [0.25, 0.3) is 11.0 Å². The van der Waals surface area contributed by atoms with Gasteiger partial charge in [-0.05, 0) is 73.0 Å². The van der Waals surface area contributed by atoms with E-state index in [1.165, 1.54) is 6.07 Å². The van der Waals surface area contributed by atoms with Crippen LogP contribution in [0.4, 0.5) is 23.7 Å². The standard InChI is InChI=1S/C32H35F3N6O2/c1-3-39-14-16-40(17-15-39)20-23-4-6-24(18-28(23)32(33,34)35)38-31(42)41-13-10-22-5-7-25(19-27(22)21(41)2)43-29-9-12-37-30-26(29)8-11-36-30/h4-9,11-12,18-19,21H,3,10,13-17,20H2,1-2H3,(H,36,37)(H,38,42)/t21-/m0/s1. The number of rotatable bonds is 6. The molecule has 2 aromatic heterocycles. The van der Waals surface area contributed by atoms with Gasteiger partial charge in [-0.3, -0.25) is 4.90 Å². The van der Waals surface area contributed by atoms with Gasteiger partial charge in [0.25, 0.3) is 0 Å². The highest BCUT2D eigenvalue weighted by Gasteiger charge is 2.35. The number of aromatic amines is 1. The number of carbonyl (C=O) groups is 1. The van der Waals surface area contributed by atoms with Crippen molar-refractivity contribution in [3.05, 3.63) is 83.2 Å². The molecule has 2 aliphatic heterocycles. The van der Waals surface area contributed by atoms with Gasteiger partial charge in [-0.2, -0.15) is 13.2 Å². The van der Waals surface area contributed by atoms with E-state index >= 15 is 0 Å². The molecule has 2 N–H and O–H groups in total. The molecule has 0 aliphatic carbocycles. The number of anilines is 1. The molecule has 0 unspecified atom stereocenters. The van der Waals surface area contributed by atoms with Gasteiger partial charge in [-0.15, -0.1) is 0 Å². The van der Waals surface area contributed by atoms with E-state index in [0.717, 1.165) is 61.0 Å². The second kappa shape index (κ2) is 11.9. The first-order valence-corrected chi connectivity index (χ1v) is 14.6. The number of amides is 2. The Morgan fingerprint density at radius 1 is 1.05 bits per heavy atom. The fourth-order valence-corrected chi connectivity index (χ4v) is 6.04. The van der Waals surface area contributed by atoms with Crippen molar-refractivity contribution < 1.29 is 22.7 Å². The second-order valence-corrected chi connectivity index (χ2v) is 11.1. The van der Waals surface area contributed by atoms with Gasteiger partial charge < -0.3 is 24.8 Å². The Morgan fingerprint density at radius 2 is 1.84 bits per heavy atom. The minimum absolute atomic E-state index is 0.125. The fraction of sp³-hybridized carbons (Fsp3) is 0.375. The number of alkyl halides is 3. The van der Waals surface area contributed by atoms with E-state index in [2.05, 4.69) is 32.0 Å². The third-order valence-corrected chi connectivity index (χ3v) is 8.54. The average Bonchev–Trinajstić information content (AvgIpc) is 3.48. The lowest BCUT2D eigenvalue weighted by atomic mass is 9.93.